The lowest BCUT2D eigenvalue weighted by Crippen LogP contribution is -2.06. The van der Waals surface area contributed by atoms with Gasteiger partial charge >= 0.3 is 0 Å². The topological polar surface area (TPSA) is 20.2 Å². The Morgan fingerprint density at radius 1 is 1.05 bits per heavy atom. The second-order valence-corrected chi connectivity index (χ2v) is 5.30. The Balaban J connectivity index is 2.53. The fourth-order valence-corrected chi connectivity index (χ4v) is 2.30. The van der Waals surface area contributed by atoms with Gasteiger partial charge in [-0.15, -0.1) is 0 Å². The maximum absolute atomic E-state index is 13.7. The van der Waals surface area contributed by atoms with Gasteiger partial charge in [-0.1, -0.05) is 34.1 Å². The van der Waals surface area contributed by atoms with Crippen molar-refractivity contribution < 1.29 is 13.9 Å². The minimum Gasteiger partial charge on any atom is -0.383 e. The van der Waals surface area contributed by atoms with Crippen LogP contribution in [0.2, 0.25) is 0 Å². The van der Waals surface area contributed by atoms with E-state index in [1.807, 2.05) is 13.8 Å². The fourth-order valence-electron chi connectivity index (χ4n) is 2.08. The van der Waals surface area contributed by atoms with Gasteiger partial charge in [-0.3, -0.25) is 0 Å². The molecule has 2 aromatic rings. The molecule has 0 fully saturated rings. The van der Waals surface area contributed by atoms with Gasteiger partial charge in [0.2, 0.25) is 0 Å². The van der Waals surface area contributed by atoms with Crippen LogP contribution in [-0.4, -0.2) is 5.11 Å². The molecule has 2 rings (SSSR count). The molecule has 1 nitrogen and oxygen atoms in total. The molecular formula is C15H13BrF2O. The Bertz CT molecular complexity index is 582. The third-order valence-corrected chi connectivity index (χ3v) is 4.30. The summed E-state index contributed by atoms with van der Waals surface area (Å²) >= 11 is 3.42. The van der Waals surface area contributed by atoms with Gasteiger partial charge in [0.15, 0.2) is 0 Å². The number of aliphatic hydroxyl groups excluding tert-OH is 1. The van der Waals surface area contributed by atoms with Crippen molar-refractivity contribution >= 4 is 15.9 Å². The van der Waals surface area contributed by atoms with Crippen LogP contribution in [0.1, 0.15) is 28.4 Å². The highest BCUT2D eigenvalue weighted by Crippen LogP contribution is 2.31. The Morgan fingerprint density at radius 3 is 2.00 bits per heavy atom. The van der Waals surface area contributed by atoms with E-state index in [0.717, 1.165) is 27.7 Å². The van der Waals surface area contributed by atoms with E-state index in [1.165, 1.54) is 6.07 Å². The number of benzene rings is 2. The van der Waals surface area contributed by atoms with Crippen LogP contribution in [0.4, 0.5) is 8.78 Å². The van der Waals surface area contributed by atoms with Gasteiger partial charge in [0.25, 0.3) is 0 Å². The molecule has 0 saturated carbocycles. The molecule has 1 unspecified atom stereocenters. The van der Waals surface area contributed by atoms with Crippen molar-refractivity contribution in [3.63, 3.8) is 0 Å². The predicted molar refractivity (Wildman–Crippen MR) is 74.0 cm³/mol. The largest absolute Gasteiger partial charge is 0.383 e. The van der Waals surface area contributed by atoms with Crippen LogP contribution in [0, 0.1) is 25.5 Å². The minimum absolute atomic E-state index is 0.316. The van der Waals surface area contributed by atoms with Crippen molar-refractivity contribution in [3.05, 3.63) is 68.7 Å². The minimum atomic E-state index is -1.31. The van der Waals surface area contributed by atoms with Crippen molar-refractivity contribution in [1.29, 1.82) is 0 Å². The Morgan fingerprint density at radius 2 is 1.53 bits per heavy atom. The lowest BCUT2D eigenvalue weighted by molar-refractivity contribution is 0.209. The van der Waals surface area contributed by atoms with Crippen molar-refractivity contribution in [1.82, 2.24) is 0 Å². The molecule has 0 aliphatic heterocycles. The van der Waals surface area contributed by atoms with Crippen LogP contribution in [0.15, 0.2) is 34.8 Å². The van der Waals surface area contributed by atoms with Gasteiger partial charge in [-0.2, -0.15) is 0 Å². The average molecular weight is 327 g/mol. The van der Waals surface area contributed by atoms with E-state index >= 15 is 0 Å². The molecule has 4 heteroatoms. The van der Waals surface area contributed by atoms with Crippen LogP contribution in [-0.2, 0) is 0 Å². The Labute approximate surface area is 119 Å². The van der Waals surface area contributed by atoms with E-state index in [4.69, 9.17) is 0 Å². The van der Waals surface area contributed by atoms with Crippen LogP contribution < -0.4 is 0 Å². The predicted octanol–water partition coefficient (Wildman–Crippen LogP) is 4.43. The number of hydrogen-bond acceptors (Lipinski definition) is 1. The molecule has 0 saturated heterocycles. The van der Waals surface area contributed by atoms with Gasteiger partial charge in [0.05, 0.1) is 5.56 Å². The summed E-state index contributed by atoms with van der Waals surface area (Å²) in [7, 11) is 0. The summed E-state index contributed by atoms with van der Waals surface area (Å²) in [6.45, 7) is 3.73. The monoisotopic (exact) mass is 326 g/mol. The smallest absolute Gasteiger partial charge is 0.132 e. The summed E-state index contributed by atoms with van der Waals surface area (Å²) < 4.78 is 28.2. The second-order valence-electron chi connectivity index (χ2n) is 4.51. The number of hydrogen-bond donors (Lipinski definition) is 1. The number of halogens is 3. The average Bonchev–Trinajstić information content (AvgIpc) is 2.35. The molecule has 0 aromatic heterocycles. The fraction of sp³-hybridized carbons (Fsp3) is 0.200. The molecule has 0 radical (unpaired) electrons. The first kappa shape index (κ1) is 14.2. The molecule has 1 atom stereocenters. The third-order valence-electron chi connectivity index (χ3n) is 3.05. The molecular weight excluding hydrogens is 314 g/mol. The SMILES string of the molecule is Cc1cc(C(O)c2c(F)cccc2F)cc(C)c1Br. The molecule has 0 bridgehead atoms. The van der Waals surface area contributed by atoms with Gasteiger partial charge in [-0.05, 0) is 42.7 Å². The third kappa shape index (κ3) is 2.69. The number of aryl methyl sites for hydroxylation is 2. The molecule has 0 aliphatic carbocycles. The molecule has 19 heavy (non-hydrogen) atoms. The van der Waals surface area contributed by atoms with Crippen LogP contribution in [0.5, 0.6) is 0 Å². The number of aliphatic hydroxyl groups is 1. The van der Waals surface area contributed by atoms with Crippen molar-refractivity contribution in [3.8, 4) is 0 Å². The second kappa shape index (κ2) is 5.39. The molecule has 2 aromatic carbocycles. The first-order valence-corrected chi connectivity index (χ1v) is 6.59. The molecule has 0 aliphatic rings. The maximum Gasteiger partial charge on any atom is 0.132 e. The van der Waals surface area contributed by atoms with E-state index < -0.39 is 17.7 Å². The number of rotatable bonds is 2. The molecule has 100 valence electrons. The Hall–Kier alpha value is -1.26. The zero-order valence-electron chi connectivity index (χ0n) is 10.5. The van der Waals surface area contributed by atoms with Crippen LogP contribution in [0.3, 0.4) is 0 Å². The van der Waals surface area contributed by atoms with Crippen molar-refractivity contribution in [2.24, 2.45) is 0 Å². The quantitative estimate of drug-likeness (QED) is 0.865. The highest BCUT2D eigenvalue weighted by molar-refractivity contribution is 9.10. The Kier molecular flexibility index (Phi) is 4.02. The van der Waals surface area contributed by atoms with E-state index in [2.05, 4.69) is 15.9 Å². The highest BCUT2D eigenvalue weighted by Gasteiger charge is 2.20. The summed E-state index contributed by atoms with van der Waals surface area (Å²) in [5.41, 5.74) is 1.97. The van der Waals surface area contributed by atoms with Crippen LogP contribution in [0.25, 0.3) is 0 Å². The molecule has 0 spiro atoms. The van der Waals surface area contributed by atoms with Gasteiger partial charge < -0.3 is 5.11 Å². The van der Waals surface area contributed by atoms with Gasteiger partial charge in [-0.25, -0.2) is 8.78 Å². The van der Waals surface area contributed by atoms with Gasteiger partial charge in [0.1, 0.15) is 17.7 Å². The summed E-state index contributed by atoms with van der Waals surface area (Å²) in [5.74, 6) is -1.49. The highest BCUT2D eigenvalue weighted by atomic mass is 79.9. The lowest BCUT2D eigenvalue weighted by atomic mass is 9.97. The van der Waals surface area contributed by atoms with Crippen molar-refractivity contribution in [2.75, 3.05) is 0 Å². The first-order chi connectivity index (χ1) is 8.91. The van der Waals surface area contributed by atoms with Gasteiger partial charge in [0, 0.05) is 4.47 Å². The van der Waals surface area contributed by atoms with Crippen LogP contribution >= 0.6 is 15.9 Å². The zero-order chi connectivity index (χ0) is 14.2. The maximum atomic E-state index is 13.7. The summed E-state index contributed by atoms with van der Waals surface area (Å²) in [6, 6.07) is 6.99. The zero-order valence-corrected chi connectivity index (χ0v) is 12.1. The summed E-state index contributed by atoms with van der Waals surface area (Å²) in [4.78, 5) is 0. The van der Waals surface area contributed by atoms with Crippen molar-refractivity contribution in [2.45, 2.75) is 20.0 Å². The summed E-state index contributed by atoms with van der Waals surface area (Å²) in [5, 5.41) is 10.2. The molecule has 0 amide bonds. The molecule has 1 N–H and O–H groups in total. The first-order valence-electron chi connectivity index (χ1n) is 5.80. The lowest BCUT2D eigenvalue weighted by Gasteiger charge is -2.15. The summed E-state index contributed by atoms with van der Waals surface area (Å²) in [6.07, 6.45) is -1.31. The van der Waals surface area contributed by atoms with E-state index in [0.29, 0.717) is 5.56 Å². The van der Waals surface area contributed by atoms with E-state index in [1.54, 1.807) is 12.1 Å². The normalized spacial score (nSPS) is 12.5. The molecule has 0 heterocycles. The van der Waals surface area contributed by atoms with E-state index in [-0.39, 0.29) is 5.56 Å². The van der Waals surface area contributed by atoms with E-state index in [9.17, 15) is 13.9 Å². The standard InChI is InChI=1S/C15H13BrF2O/c1-8-6-10(7-9(2)14(8)16)15(19)13-11(17)4-3-5-12(13)18/h3-7,15,19H,1-2H3.